The lowest BCUT2D eigenvalue weighted by Crippen LogP contribution is -2.23. The van der Waals surface area contributed by atoms with E-state index in [0.29, 0.717) is 0 Å². The van der Waals surface area contributed by atoms with Gasteiger partial charge in [-0.2, -0.15) is 8.42 Å². The first-order valence-electron chi connectivity index (χ1n) is 2.96. The first-order valence-corrected chi connectivity index (χ1v) is 4.46. The summed E-state index contributed by atoms with van der Waals surface area (Å²) in [6.07, 6.45) is -0.197. The molecule has 62 valence electrons. The van der Waals surface area contributed by atoms with E-state index in [0.717, 1.165) is 0 Å². The molecule has 0 radical (unpaired) electrons. The minimum atomic E-state index is -4.02. The molecule has 0 bridgehead atoms. The van der Waals surface area contributed by atoms with Gasteiger partial charge in [0.05, 0.1) is 6.10 Å². The molecule has 5 heteroatoms. The summed E-state index contributed by atoms with van der Waals surface area (Å²) in [7, 11) is -4.02. The fourth-order valence-corrected chi connectivity index (χ4v) is 0.816. The highest BCUT2D eigenvalue weighted by Gasteiger charge is 2.18. The number of hydrogen-bond acceptors (Lipinski definition) is 3. The van der Waals surface area contributed by atoms with Crippen LogP contribution in [0.3, 0.4) is 0 Å². The molecule has 0 amide bonds. The lowest BCUT2D eigenvalue weighted by atomic mass is 10.5. The highest BCUT2D eigenvalue weighted by molar-refractivity contribution is 7.86. The molecule has 4 nitrogen and oxygen atoms in total. The summed E-state index contributed by atoms with van der Waals surface area (Å²) < 4.78 is 33.8. The van der Waals surface area contributed by atoms with E-state index in [1.807, 2.05) is 0 Å². The maximum absolute atomic E-state index is 10.3. The van der Waals surface area contributed by atoms with Crippen molar-refractivity contribution in [2.75, 3.05) is 0 Å². The minimum absolute atomic E-state index is 0.197. The Balaban J connectivity index is 3.99. The van der Waals surface area contributed by atoms with Crippen molar-refractivity contribution in [2.45, 2.75) is 32.3 Å². The molecule has 10 heavy (non-hydrogen) atoms. The van der Waals surface area contributed by atoms with Gasteiger partial charge in [-0.3, -0.25) is 4.55 Å². The zero-order chi connectivity index (χ0) is 8.36. The van der Waals surface area contributed by atoms with Gasteiger partial charge >= 0.3 is 0 Å². The summed E-state index contributed by atoms with van der Waals surface area (Å²) in [5.41, 5.74) is -1.13. The molecular formula is C5H12O4S. The van der Waals surface area contributed by atoms with Crippen molar-refractivity contribution in [3.63, 3.8) is 0 Å². The van der Waals surface area contributed by atoms with E-state index in [-0.39, 0.29) is 6.10 Å². The van der Waals surface area contributed by atoms with Gasteiger partial charge < -0.3 is 4.74 Å². The van der Waals surface area contributed by atoms with E-state index in [1.54, 1.807) is 13.8 Å². The monoisotopic (exact) mass is 168 g/mol. The predicted molar refractivity (Wildman–Crippen MR) is 37.2 cm³/mol. The van der Waals surface area contributed by atoms with E-state index in [9.17, 15) is 8.42 Å². The van der Waals surface area contributed by atoms with Crippen molar-refractivity contribution >= 4 is 10.1 Å². The molecule has 0 aliphatic carbocycles. The molecule has 0 aromatic heterocycles. The lowest BCUT2D eigenvalue weighted by Gasteiger charge is -2.12. The van der Waals surface area contributed by atoms with E-state index < -0.39 is 15.6 Å². The van der Waals surface area contributed by atoms with Gasteiger partial charge in [0.25, 0.3) is 10.1 Å². The van der Waals surface area contributed by atoms with Crippen molar-refractivity contribution in [2.24, 2.45) is 0 Å². The average molecular weight is 168 g/mol. The Morgan fingerprint density at radius 1 is 1.30 bits per heavy atom. The van der Waals surface area contributed by atoms with Crippen molar-refractivity contribution in [3.8, 4) is 0 Å². The Kier molecular flexibility index (Phi) is 3.27. The van der Waals surface area contributed by atoms with E-state index >= 15 is 0 Å². The summed E-state index contributed by atoms with van der Waals surface area (Å²) >= 11 is 0. The Labute approximate surface area is 60.9 Å². The standard InChI is InChI=1S/C5H12O4S/c1-4(2)9-5(3)10(6,7)8/h4-5H,1-3H3,(H,6,7,8). The van der Waals surface area contributed by atoms with Crippen LogP contribution in [0.5, 0.6) is 0 Å². The number of ether oxygens (including phenoxy) is 1. The summed E-state index contributed by atoms with van der Waals surface area (Å²) in [5, 5.41) is 0. The number of rotatable bonds is 3. The number of hydrogen-bond donors (Lipinski definition) is 1. The van der Waals surface area contributed by atoms with Crippen LogP contribution in [0.1, 0.15) is 20.8 Å². The van der Waals surface area contributed by atoms with Gasteiger partial charge in [-0.1, -0.05) is 0 Å². The van der Waals surface area contributed by atoms with Gasteiger partial charge in [-0.25, -0.2) is 0 Å². The second kappa shape index (κ2) is 3.32. The first kappa shape index (κ1) is 9.87. The Hall–Kier alpha value is -0.130. The smallest absolute Gasteiger partial charge is 0.291 e. The van der Waals surface area contributed by atoms with Gasteiger partial charge in [0.1, 0.15) is 0 Å². The van der Waals surface area contributed by atoms with Crippen molar-refractivity contribution in [3.05, 3.63) is 0 Å². The molecule has 0 aromatic rings. The van der Waals surface area contributed by atoms with E-state index in [4.69, 9.17) is 9.29 Å². The maximum atomic E-state index is 10.3. The molecule has 1 N–H and O–H groups in total. The quantitative estimate of drug-likeness (QED) is 0.628. The first-order chi connectivity index (χ1) is 4.34. The molecular weight excluding hydrogens is 156 g/mol. The minimum Gasteiger partial charge on any atom is -0.357 e. The highest BCUT2D eigenvalue weighted by Crippen LogP contribution is 2.02. The largest absolute Gasteiger partial charge is 0.357 e. The molecule has 0 saturated carbocycles. The van der Waals surface area contributed by atoms with Gasteiger partial charge in [0.15, 0.2) is 5.44 Å². The van der Waals surface area contributed by atoms with Crippen molar-refractivity contribution in [1.82, 2.24) is 0 Å². The van der Waals surface area contributed by atoms with Crippen LogP contribution in [0, 0.1) is 0 Å². The van der Waals surface area contributed by atoms with Crippen LogP contribution < -0.4 is 0 Å². The molecule has 0 spiro atoms. The molecule has 0 aliphatic heterocycles. The third-order valence-corrected chi connectivity index (χ3v) is 1.83. The van der Waals surface area contributed by atoms with Crippen LogP contribution in [0.15, 0.2) is 0 Å². The van der Waals surface area contributed by atoms with Crippen LogP contribution in [0.4, 0.5) is 0 Å². The summed E-state index contributed by atoms with van der Waals surface area (Å²) in [6, 6.07) is 0. The summed E-state index contributed by atoms with van der Waals surface area (Å²) in [4.78, 5) is 0. The third-order valence-electron chi connectivity index (χ3n) is 0.883. The zero-order valence-electron chi connectivity index (χ0n) is 6.23. The summed E-state index contributed by atoms with van der Waals surface area (Å²) in [5.74, 6) is 0. The van der Waals surface area contributed by atoms with Crippen molar-refractivity contribution in [1.29, 1.82) is 0 Å². The van der Waals surface area contributed by atoms with Crippen molar-refractivity contribution < 1.29 is 17.7 Å². The molecule has 1 atom stereocenters. The van der Waals surface area contributed by atoms with Crippen LogP contribution >= 0.6 is 0 Å². The van der Waals surface area contributed by atoms with Gasteiger partial charge in [0.2, 0.25) is 0 Å². The molecule has 0 rings (SSSR count). The van der Waals surface area contributed by atoms with Gasteiger partial charge in [0, 0.05) is 0 Å². The van der Waals surface area contributed by atoms with E-state index in [1.165, 1.54) is 6.92 Å². The molecule has 1 unspecified atom stereocenters. The van der Waals surface area contributed by atoms with Crippen LogP contribution in [-0.4, -0.2) is 24.5 Å². The fourth-order valence-electron chi connectivity index (χ4n) is 0.453. The van der Waals surface area contributed by atoms with Crippen LogP contribution in [0.25, 0.3) is 0 Å². The second-order valence-corrected chi connectivity index (χ2v) is 3.96. The molecule has 0 aromatic carbocycles. The molecule has 0 aliphatic rings. The fraction of sp³-hybridized carbons (Fsp3) is 1.00. The van der Waals surface area contributed by atoms with Gasteiger partial charge in [-0.15, -0.1) is 0 Å². The third kappa shape index (κ3) is 3.81. The van der Waals surface area contributed by atoms with Gasteiger partial charge in [-0.05, 0) is 20.8 Å². The Morgan fingerprint density at radius 3 is 1.80 bits per heavy atom. The molecule has 0 fully saturated rings. The maximum Gasteiger partial charge on any atom is 0.291 e. The SMILES string of the molecule is CC(C)OC(C)S(=O)(=O)O. The average Bonchev–Trinajstić information content (AvgIpc) is 1.60. The topological polar surface area (TPSA) is 63.6 Å². The van der Waals surface area contributed by atoms with Crippen LogP contribution in [0.2, 0.25) is 0 Å². The Bertz CT molecular complexity index is 182. The second-order valence-electron chi connectivity index (χ2n) is 2.27. The molecule has 0 heterocycles. The Morgan fingerprint density at radius 2 is 1.70 bits per heavy atom. The highest BCUT2D eigenvalue weighted by atomic mass is 32.2. The zero-order valence-corrected chi connectivity index (χ0v) is 7.05. The lowest BCUT2D eigenvalue weighted by molar-refractivity contribution is 0.0584. The normalized spacial score (nSPS) is 15.7. The predicted octanol–water partition coefficient (Wildman–Crippen LogP) is 0.645. The van der Waals surface area contributed by atoms with Crippen LogP contribution in [-0.2, 0) is 14.9 Å². The van der Waals surface area contributed by atoms with E-state index in [2.05, 4.69) is 0 Å². The molecule has 0 saturated heterocycles. The summed E-state index contributed by atoms with van der Waals surface area (Å²) in [6.45, 7) is 4.68.